The van der Waals surface area contributed by atoms with Crippen molar-refractivity contribution in [2.24, 2.45) is 0 Å². The Morgan fingerprint density at radius 2 is 2.25 bits per heavy atom. The number of methoxy groups -OCH3 is 1. The molecule has 1 rings (SSSR count). The minimum Gasteiger partial charge on any atom is -0.494 e. The molecule has 4 nitrogen and oxygen atoms in total. The van der Waals surface area contributed by atoms with Crippen LogP contribution in [0.15, 0.2) is 12.1 Å². The first-order valence-electron chi connectivity index (χ1n) is 5.09. The van der Waals surface area contributed by atoms with Gasteiger partial charge in [-0.1, -0.05) is 0 Å². The predicted octanol–water partition coefficient (Wildman–Crippen LogP) is 1.60. The average molecular weight is 228 g/mol. The maximum absolute atomic E-state index is 13.2. The summed E-state index contributed by atoms with van der Waals surface area (Å²) in [5.74, 6) is -0.338. The summed E-state index contributed by atoms with van der Waals surface area (Å²) in [7, 11) is 1.40. The smallest absolute Gasteiger partial charge is 0.167 e. The van der Waals surface area contributed by atoms with Crippen LogP contribution in [0.4, 0.5) is 15.8 Å². The van der Waals surface area contributed by atoms with Crippen molar-refractivity contribution in [2.75, 3.05) is 24.7 Å². The molecule has 0 aliphatic heterocycles. The molecule has 0 spiro atoms. The van der Waals surface area contributed by atoms with Crippen LogP contribution in [0.2, 0.25) is 0 Å². The highest BCUT2D eigenvalue weighted by atomic mass is 19.1. The van der Waals surface area contributed by atoms with Crippen molar-refractivity contribution in [1.82, 2.24) is 0 Å². The van der Waals surface area contributed by atoms with Gasteiger partial charge in [0, 0.05) is 18.7 Å². The number of nitrogen functional groups attached to an aromatic ring is 1. The second-order valence-corrected chi connectivity index (χ2v) is 3.64. The van der Waals surface area contributed by atoms with Crippen LogP contribution in [-0.4, -0.2) is 24.9 Å². The SMILES string of the molecule is COc1cc(NCCC(C)O)c(N)cc1F. The monoisotopic (exact) mass is 228 g/mol. The van der Waals surface area contributed by atoms with Crippen molar-refractivity contribution < 1.29 is 14.2 Å². The molecule has 90 valence electrons. The highest BCUT2D eigenvalue weighted by Gasteiger charge is 2.08. The van der Waals surface area contributed by atoms with Crippen molar-refractivity contribution in [3.8, 4) is 5.75 Å². The number of rotatable bonds is 5. The molecule has 0 saturated heterocycles. The zero-order chi connectivity index (χ0) is 12.1. The molecule has 0 aliphatic rings. The van der Waals surface area contributed by atoms with Gasteiger partial charge in [-0.3, -0.25) is 0 Å². The zero-order valence-electron chi connectivity index (χ0n) is 9.46. The summed E-state index contributed by atoms with van der Waals surface area (Å²) in [5.41, 5.74) is 6.57. The number of hydrogen-bond acceptors (Lipinski definition) is 4. The fraction of sp³-hybridized carbons (Fsp3) is 0.455. The Hall–Kier alpha value is -1.49. The van der Waals surface area contributed by atoms with E-state index in [0.717, 1.165) is 0 Å². The highest BCUT2D eigenvalue weighted by Crippen LogP contribution is 2.27. The first-order valence-corrected chi connectivity index (χ1v) is 5.09. The van der Waals surface area contributed by atoms with E-state index in [-0.39, 0.29) is 11.9 Å². The van der Waals surface area contributed by atoms with E-state index in [9.17, 15) is 4.39 Å². The van der Waals surface area contributed by atoms with Gasteiger partial charge in [-0.15, -0.1) is 0 Å². The maximum Gasteiger partial charge on any atom is 0.167 e. The summed E-state index contributed by atoms with van der Waals surface area (Å²) < 4.78 is 18.1. The Morgan fingerprint density at radius 1 is 1.56 bits per heavy atom. The van der Waals surface area contributed by atoms with Crippen molar-refractivity contribution in [3.05, 3.63) is 17.9 Å². The molecule has 0 heterocycles. The summed E-state index contributed by atoms with van der Waals surface area (Å²) >= 11 is 0. The van der Waals surface area contributed by atoms with Gasteiger partial charge in [-0.25, -0.2) is 4.39 Å². The second kappa shape index (κ2) is 5.55. The van der Waals surface area contributed by atoms with E-state index in [1.165, 1.54) is 19.2 Å². The standard InChI is InChI=1S/C11H17FN2O2/c1-7(15)3-4-14-10-6-11(16-2)8(12)5-9(10)13/h5-7,14-15H,3-4,13H2,1-2H3. The number of aliphatic hydroxyl groups is 1. The summed E-state index contributed by atoms with van der Waals surface area (Å²) in [4.78, 5) is 0. The topological polar surface area (TPSA) is 67.5 Å². The van der Waals surface area contributed by atoms with Gasteiger partial charge in [0.05, 0.1) is 24.6 Å². The number of anilines is 2. The molecule has 5 heteroatoms. The number of nitrogens with one attached hydrogen (secondary N) is 1. The first-order chi connectivity index (χ1) is 7.54. The van der Waals surface area contributed by atoms with Crippen LogP contribution in [0, 0.1) is 5.82 Å². The largest absolute Gasteiger partial charge is 0.494 e. The number of aliphatic hydroxyl groups excluding tert-OH is 1. The van der Waals surface area contributed by atoms with E-state index in [1.807, 2.05) is 0 Å². The molecule has 1 aromatic rings. The lowest BCUT2D eigenvalue weighted by atomic mass is 10.2. The van der Waals surface area contributed by atoms with Crippen LogP contribution in [0.3, 0.4) is 0 Å². The zero-order valence-corrected chi connectivity index (χ0v) is 9.46. The number of hydrogen-bond donors (Lipinski definition) is 3. The lowest BCUT2D eigenvalue weighted by Gasteiger charge is -2.12. The van der Waals surface area contributed by atoms with Crippen LogP contribution in [0.5, 0.6) is 5.75 Å². The Morgan fingerprint density at radius 3 is 2.81 bits per heavy atom. The molecule has 1 unspecified atom stereocenters. The molecular weight excluding hydrogens is 211 g/mol. The van der Waals surface area contributed by atoms with Crippen molar-refractivity contribution in [2.45, 2.75) is 19.4 Å². The van der Waals surface area contributed by atoms with Gasteiger partial charge < -0.3 is 20.9 Å². The number of ether oxygens (including phenoxy) is 1. The lowest BCUT2D eigenvalue weighted by Crippen LogP contribution is -2.11. The quantitative estimate of drug-likeness (QED) is 0.670. The normalized spacial score (nSPS) is 12.2. The molecule has 0 bridgehead atoms. The van der Waals surface area contributed by atoms with Gasteiger partial charge in [0.15, 0.2) is 11.6 Å². The van der Waals surface area contributed by atoms with E-state index in [1.54, 1.807) is 6.92 Å². The average Bonchev–Trinajstić information content (AvgIpc) is 2.20. The molecule has 1 aromatic carbocycles. The summed E-state index contributed by atoms with van der Waals surface area (Å²) in [6, 6.07) is 2.72. The molecular formula is C11H17FN2O2. The van der Waals surface area contributed by atoms with Crippen LogP contribution < -0.4 is 15.8 Å². The Kier molecular flexibility index (Phi) is 4.37. The van der Waals surface area contributed by atoms with E-state index in [4.69, 9.17) is 15.6 Å². The van der Waals surface area contributed by atoms with Crippen molar-refractivity contribution >= 4 is 11.4 Å². The van der Waals surface area contributed by atoms with Crippen LogP contribution >= 0.6 is 0 Å². The molecule has 0 aromatic heterocycles. The van der Waals surface area contributed by atoms with Gasteiger partial charge in [0.1, 0.15) is 0 Å². The number of halogens is 1. The lowest BCUT2D eigenvalue weighted by molar-refractivity contribution is 0.189. The highest BCUT2D eigenvalue weighted by molar-refractivity contribution is 5.68. The number of benzene rings is 1. The second-order valence-electron chi connectivity index (χ2n) is 3.64. The maximum atomic E-state index is 13.2. The van der Waals surface area contributed by atoms with Crippen molar-refractivity contribution in [1.29, 1.82) is 0 Å². The van der Waals surface area contributed by atoms with Crippen LogP contribution in [0.1, 0.15) is 13.3 Å². The fourth-order valence-electron chi connectivity index (χ4n) is 1.29. The third-order valence-corrected chi connectivity index (χ3v) is 2.20. The Balaban J connectivity index is 2.72. The molecule has 16 heavy (non-hydrogen) atoms. The Bertz CT molecular complexity index is 356. The number of nitrogens with two attached hydrogens (primary N) is 1. The fourth-order valence-corrected chi connectivity index (χ4v) is 1.29. The summed E-state index contributed by atoms with van der Waals surface area (Å²) in [6.07, 6.45) is 0.218. The molecule has 0 radical (unpaired) electrons. The van der Waals surface area contributed by atoms with Gasteiger partial charge in [0.2, 0.25) is 0 Å². The third kappa shape index (κ3) is 3.27. The van der Waals surface area contributed by atoms with Gasteiger partial charge >= 0.3 is 0 Å². The van der Waals surface area contributed by atoms with E-state index in [0.29, 0.717) is 24.3 Å². The van der Waals surface area contributed by atoms with Gasteiger partial charge in [-0.2, -0.15) is 0 Å². The Labute approximate surface area is 94.2 Å². The van der Waals surface area contributed by atoms with Crippen LogP contribution in [-0.2, 0) is 0 Å². The van der Waals surface area contributed by atoms with Crippen LogP contribution in [0.25, 0.3) is 0 Å². The molecule has 0 aliphatic carbocycles. The molecule has 4 N–H and O–H groups in total. The molecule has 0 fully saturated rings. The molecule has 1 atom stereocenters. The third-order valence-electron chi connectivity index (χ3n) is 2.20. The molecule has 0 saturated carbocycles. The minimum atomic E-state index is -0.485. The van der Waals surface area contributed by atoms with Crippen molar-refractivity contribution in [3.63, 3.8) is 0 Å². The van der Waals surface area contributed by atoms with E-state index in [2.05, 4.69) is 5.32 Å². The minimum absolute atomic E-state index is 0.147. The van der Waals surface area contributed by atoms with Gasteiger partial charge in [0.25, 0.3) is 0 Å². The summed E-state index contributed by atoms with van der Waals surface area (Å²) in [5, 5.41) is 12.1. The first kappa shape index (κ1) is 12.6. The molecule has 0 amide bonds. The summed E-state index contributed by atoms with van der Waals surface area (Å²) in [6.45, 7) is 2.27. The predicted molar refractivity (Wildman–Crippen MR) is 62.2 cm³/mol. The van der Waals surface area contributed by atoms with Gasteiger partial charge in [-0.05, 0) is 13.3 Å². The van der Waals surface area contributed by atoms with E-state index >= 15 is 0 Å². The van der Waals surface area contributed by atoms with E-state index < -0.39 is 5.82 Å².